The van der Waals surface area contributed by atoms with Crippen molar-refractivity contribution in [3.63, 3.8) is 0 Å². The number of rotatable bonds is 9. The normalized spacial score (nSPS) is 11.9. The highest BCUT2D eigenvalue weighted by atomic mass is 19.4. The molecule has 4 nitrogen and oxygen atoms in total. The van der Waals surface area contributed by atoms with Gasteiger partial charge in [-0.05, 0) is 12.8 Å². The van der Waals surface area contributed by atoms with Gasteiger partial charge in [-0.25, -0.2) is 0 Å². The number of hydrogen-bond donors (Lipinski definition) is 1. The number of nitrogens with zero attached hydrogens (tertiary/aromatic N) is 2. The number of aromatic nitrogens is 2. The Morgan fingerprint density at radius 1 is 0.895 bits per heavy atom. The van der Waals surface area contributed by atoms with Gasteiger partial charge >= 0.3 is 12.2 Å². The molecule has 110 valence electrons. The van der Waals surface area contributed by atoms with Gasteiger partial charge in [-0.1, -0.05) is 37.2 Å². The summed E-state index contributed by atoms with van der Waals surface area (Å²) in [5.74, 6) is 0.544. The van der Waals surface area contributed by atoms with Crippen molar-refractivity contribution in [2.75, 3.05) is 5.73 Å². The van der Waals surface area contributed by atoms with Crippen molar-refractivity contribution in [3.8, 4) is 0 Å². The van der Waals surface area contributed by atoms with Crippen molar-refractivity contribution in [1.82, 2.24) is 10.2 Å². The van der Waals surface area contributed by atoms with Crippen molar-refractivity contribution >= 4 is 6.01 Å². The van der Waals surface area contributed by atoms with E-state index in [9.17, 15) is 13.2 Å². The number of anilines is 1. The second-order valence-electron chi connectivity index (χ2n) is 4.62. The monoisotopic (exact) mass is 279 g/mol. The summed E-state index contributed by atoms with van der Waals surface area (Å²) < 4.78 is 40.6. The first-order chi connectivity index (χ1) is 8.97. The SMILES string of the molecule is Nc1nnc(CCCCCCCCCC(F)(F)F)o1. The van der Waals surface area contributed by atoms with Crippen molar-refractivity contribution in [2.45, 2.75) is 64.0 Å². The van der Waals surface area contributed by atoms with E-state index in [1.54, 1.807) is 0 Å². The number of alkyl halides is 3. The Morgan fingerprint density at radius 3 is 2.00 bits per heavy atom. The van der Waals surface area contributed by atoms with E-state index in [-0.39, 0.29) is 12.4 Å². The summed E-state index contributed by atoms with van der Waals surface area (Å²) in [4.78, 5) is 0. The minimum absolute atomic E-state index is 0.0830. The maximum Gasteiger partial charge on any atom is 0.389 e. The molecule has 7 heteroatoms. The third-order valence-corrected chi connectivity index (χ3v) is 2.83. The highest BCUT2D eigenvalue weighted by molar-refractivity contribution is 5.04. The van der Waals surface area contributed by atoms with Crippen LogP contribution in [-0.4, -0.2) is 16.4 Å². The number of nitrogen functional groups attached to an aromatic ring is 1. The van der Waals surface area contributed by atoms with Crippen LogP contribution in [0.15, 0.2) is 4.42 Å². The molecule has 0 aliphatic carbocycles. The molecule has 0 spiro atoms. The van der Waals surface area contributed by atoms with Crippen LogP contribution in [-0.2, 0) is 6.42 Å². The van der Waals surface area contributed by atoms with E-state index in [0.29, 0.717) is 18.7 Å². The van der Waals surface area contributed by atoms with E-state index in [4.69, 9.17) is 10.2 Å². The number of hydrogen-bond acceptors (Lipinski definition) is 4. The molecule has 0 atom stereocenters. The summed E-state index contributed by atoms with van der Waals surface area (Å²) in [7, 11) is 0. The van der Waals surface area contributed by atoms with Crippen molar-refractivity contribution < 1.29 is 17.6 Å². The molecule has 0 fully saturated rings. The molecule has 0 saturated carbocycles. The van der Waals surface area contributed by atoms with E-state index >= 15 is 0 Å². The fraction of sp³-hybridized carbons (Fsp3) is 0.833. The topological polar surface area (TPSA) is 64.9 Å². The smallest absolute Gasteiger partial charge is 0.389 e. The van der Waals surface area contributed by atoms with Crippen LogP contribution >= 0.6 is 0 Å². The molecule has 1 aromatic rings. The fourth-order valence-electron chi connectivity index (χ4n) is 1.85. The standard InChI is InChI=1S/C12H20F3N3O/c13-12(14,15)9-7-5-3-1-2-4-6-8-10-17-18-11(16)19-10/h1-9H2,(H2,16,18). The van der Waals surface area contributed by atoms with E-state index in [2.05, 4.69) is 10.2 Å². The van der Waals surface area contributed by atoms with Gasteiger partial charge in [0.2, 0.25) is 5.89 Å². The maximum absolute atomic E-state index is 11.9. The van der Waals surface area contributed by atoms with Crippen molar-refractivity contribution in [2.24, 2.45) is 0 Å². The second kappa shape index (κ2) is 8.01. The Balaban J connectivity index is 1.86. The fourth-order valence-corrected chi connectivity index (χ4v) is 1.85. The lowest BCUT2D eigenvalue weighted by Gasteiger charge is -2.05. The highest BCUT2D eigenvalue weighted by Gasteiger charge is 2.25. The third-order valence-electron chi connectivity index (χ3n) is 2.83. The van der Waals surface area contributed by atoms with Crippen LogP contribution in [0.1, 0.15) is 57.3 Å². The zero-order valence-corrected chi connectivity index (χ0v) is 10.9. The minimum atomic E-state index is -4.01. The van der Waals surface area contributed by atoms with Crippen LogP contribution in [0.2, 0.25) is 0 Å². The molecular weight excluding hydrogens is 259 g/mol. The first kappa shape index (κ1) is 15.8. The molecule has 2 N–H and O–H groups in total. The van der Waals surface area contributed by atoms with E-state index in [0.717, 1.165) is 32.1 Å². The van der Waals surface area contributed by atoms with Crippen molar-refractivity contribution in [1.29, 1.82) is 0 Å². The highest BCUT2D eigenvalue weighted by Crippen LogP contribution is 2.23. The molecular formula is C12H20F3N3O. The lowest BCUT2D eigenvalue weighted by atomic mass is 10.1. The molecule has 1 rings (SSSR count). The number of halogens is 3. The van der Waals surface area contributed by atoms with Crippen LogP contribution in [0.3, 0.4) is 0 Å². The zero-order valence-electron chi connectivity index (χ0n) is 10.9. The molecule has 0 aliphatic heterocycles. The molecule has 0 saturated heterocycles. The van der Waals surface area contributed by atoms with Gasteiger partial charge < -0.3 is 10.2 Å². The summed E-state index contributed by atoms with van der Waals surface area (Å²) in [6, 6.07) is 0.0830. The summed E-state index contributed by atoms with van der Waals surface area (Å²) in [6.45, 7) is 0. The van der Waals surface area contributed by atoms with Crippen LogP contribution in [0.4, 0.5) is 19.2 Å². The first-order valence-corrected chi connectivity index (χ1v) is 6.62. The summed E-state index contributed by atoms with van der Waals surface area (Å²) in [5.41, 5.74) is 5.29. The molecule has 0 aromatic carbocycles. The second-order valence-corrected chi connectivity index (χ2v) is 4.62. The first-order valence-electron chi connectivity index (χ1n) is 6.62. The van der Waals surface area contributed by atoms with E-state index < -0.39 is 12.6 Å². The largest absolute Gasteiger partial charge is 0.408 e. The molecule has 1 heterocycles. The van der Waals surface area contributed by atoms with Gasteiger partial charge in [0.25, 0.3) is 0 Å². The van der Waals surface area contributed by atoms with Gasteiger partial charge in [-0.2, -0.15) is 13.2 Å². The van der Waals surface area contributed by atoms with Gasteiger partial charge in [0.05, 0.1) is 0 Å². The van der Waals surface area contributed by atoms with Gasteiger partial charge in [-0.3, -0.25) is 0 Å². The van der Waals surface area contributed by atoms with Crippen LogP contribution in [0.5, 0.6) is 0 Å². The van der Waals surface area contributed by atoms with Gasteiger partial charge in [0.15, 0.2) is 0 Å². The number of unbranched alkanes of at least 4 members (excludes halogenated alkanes) is 6. The van der Waals surface area contributed by atoms with Crippen LogP contribution < -0.4 is 5.73 Å². The number of aryl methyl sites for hydroxylation is 1. The van der Waals surface area contributed by atoms with Crippen molar-refractivity contribution in [3.05, 3.63) is 5.89 Å². The number of nitrogens with two attached hydrogens (primary N) is 1. The summed E-state index contributed by atoms with van der Waals surface area (Å²) >= 11 is 0. The van der Waals surface area contributed by atoms with Gasteiger partial charge in [0, 0.05) is 12.8 Å². The minimum Gasteiger partial charge on any atom is -0.408 e. The Morgan fingerprint density at radius 2 is 1.47 bits per heavy atom. The Kier molecular flexibility index (Phi) is 6.66. The molecule has 1 aromatic heterocycles. The Labute approximate surface area is 110 Å². The lowest BCUT2D eigenvalue weighted by Crippen LogP contribution is -2.06. The summed E-state index contributed by atoms with van der Waals surface area (Å²) in [6.07, 6.45) is 1.75. The third kappa shape index (κ3) is 8.45. The molecule has 0 aliphatic rings. The van der Waals surface area contributed by atoms with Crippen LogP contribution in [0, 0.1) is 0 Å². The Bertz CT molecular complexity index is 352. The zero-order chi connectivity index (χ0) is 14.1. The van der Waals surface area contributed by atoms with Crippen LogP contribution in [0.25, 0.3) is 0 Å². The average molecular weight is 279 g/mol. The molecule has 0 unspecified atom stereocenters. The molecule has 0 radical (unpaired) electrons. The quantitative estimate of drug-likeness (QED) is 0.697. The van der Waals surface area contributed by atoms with E-state index in [1.165, 1.54) is 0 Å². The molecule has 0 amide bonds. The molecule has 19 heavy (non-hydrogen) atoms. The van der Waals surface area contributed by atoms with Gasteiger partial charge in [0.1, 0.15) is 0 Å². The predicted molar refractivity (Wildman–Crippen MR) is 65.4 cm³/mol. The average Bonchev–Trinajstić information content (AvgIpc) is 2.71. The Hall–Kier alpha value is -1.27. The van der Waals surface area contributed by atoms with Gasteiger partial charge in [-0.15, -0.1) is 5.10 Å². The summed E-state index contributed by atoms with van der Waals surface area (Å²) in [5, 5.41) is 7.30. The molecule has 0 bridgehead atoms. The van der Waals surface area contributed by atoms with E-state index in [1.807, 2.05) is 0 Å². The maximum atomic E-state index is 11.9. The lowest BCUT2D eigenvalue weighted by molar-refractivity contribution is -0.135. The predicted octanol–water partition coefficient (Wildman–Crippen LogP) is 3.88.